The molecule has 0 heterocycles. The first-order chi connectivity index (χ1) is 13.2. The zero-order valence-corrected chi connectivity index (χ0v) is 17.0. The van der Waals surface area contributed by atoms with E-state index in [9.17, 15) is 0 Å². The monoisotopic (exact) mass is 369 g/mol. The Morgan fingerprint density at radius 1 is 0.889 bits per heavy atom. The predicted octanol–water partition coefficient (Wildman–Crippen LogP) is 5.55. The molecule has 3 nitrogen and oxygen atoms in total. The number of hydrogen-bond acceptors (Lipinski definition) is 3. The minimum Gasteiger partial charge on any atom is -0.493 e. The molecule has 0 aliphatic rings. The fourth-order valence-electron chi connectivity index (χ4n) is 3.30. The zero-order chi connectivity index (χ0) is 19.3. The van der Waals surface area contributed by atoms with E-state index in [1.54, 1.807) is 7.11 Å². The summed E-state index contributed by atoms with van der Waals surface area (Å²) in [7, 11) is 1.68. The summed E-state index contributed by atoms with van der Waals surface area (Å²) in [6.07, 6.45) is 9.29. The highest BCUT2D eigenvalue weighted by molar-refractivity contribution is 5.43. The van der Waals surface area contributed by atoms with E-state index in [0.717, 1.165) is 30.8 Å². The first-order valence-corrected chi connectivity index (χ1v) is 10.3. The summed E-state index contributed by atoms with van der Waals surface area (Å²) in [5.41, 5.74) is 8.84. The fourth-order valence-corrected chi connectivity index (χ4v) is 3.30. The Labute approximate surface area is 164 Å². The minimum absolute atomic E-state index is 0.206. The smallest absolute Gasteiger partial charge is 0.161 e. The first kappa shape index (κ1) is 21.3. The van der Waals surface area contributed by atoms with E-state index in [-0.39, 0.29) is 6.04 Å². The molecule has 3 heteroatoms. The molecule has 2 aromatic rings. The molecular formula is C24H35NO2. The molecular weight excluding hydrogens is 334 g/mol. The lowest BCUT2D eigenvalue weighted by Gasteiger charge is -2.15. The Kier molecular flexibility index (Phi) is 9.78. The topological polar surface area (TPSA) is 44.5 Å². The van der Waals surface area contributed by atoms with Gasteiger partial charge >= 0.3 is 0 Å². The normalized spacial score (nSPS) is 12.0. The third-order valence-electron chi connectivity index (χ3n) is 4.90. The molecule has 2 N–H and O–H groups in total. The van der Waals surface area contributed by atoms with Crippen molar-refractivity contribution in [3.05, 3.63) is 59.7 Å². The molecule has 1 atom stereocenters. The maximum atomic E-state index is 6.35. The van der Waals surface area contributed by atoms with Crippen LogP contribution in [0.4, 0.5) is 0 Å². The van der Waals surface area contributed by atoms with E-state index < -0.39 is 0 Å². The third-order valence-corrected chi connectivity index (χ3v) is 4.90. The molecule has 0 amide bonds. The first-order valence-electron chi connectivity index (χ1n) is 10.3. The number of unbranched alkanes of at least 4 members (excludes halogenated alkanes) is 4. The van der Waals surface area contributed by atoms with E-state index >= 15 is 0 Å². The zero-order valence-electron chi connectivity index (χ0n) is 17.0. The summed E-state index contributed by atoms with van der Waals surface area (Å²) in [5, 5.41) is 0. The number of nitrogens with two attached hydrogens (primary N) is 1. The van der Waals surface area contributed by atoms with Crippen molar-refractivity contribution in [2.24, 2.45) is 5.73 Å². The van der Waals surface area contributed by atoms with Crippen LogP contribution >= 0.6 is 0 Å². The lowest BCUT2D eigenvalue weighted by atomic mass is 10.00. The van der Waals surface area contributed by atoms with E-state index in [1.807, 2.05) is 12.1 Å². The second-order valence-electron chi connectivity index (χ2n) is 7.24. The van der Waals surface area contributed by atoms with Gasteiger partial charge in [-0.2, -0.15) is 0 Å². The molecule has 148 valence electrons. The Morgan fingerprint density at radius 2 is 1.67 bits per heavy atom. The van der Waals surface area contributed by atoms with Gasteiger partial charge in [-0.1, -0.05) is 75.4 Å². The number of ether oxygens (including phenoxy) is 2. The maximum Gasteiger partial charge on any atom is 0.161 e. The molecule has 0 saturated heterocycles. The second kappa shape index (κ2) is 12.4. The van der Waals surface area contributed by atoms with Crippen molar-refractivity contribution in [3.63, 3.8) is 0 Å². The average molecular weight is 370 g/mol. The van der Waals surface area contributed by atoms with Crippen molar-refractivity contribution in [2.75, 3.05) is 13.7 Å². The van der Waals surface area contributed by atoms with Crippen LogP contribution in [-0.4, -0.2) is 19.8 Å². The van der Waals surface area contributed by atoms with Gasteiger partial charge in [0, 0.05) is 12.5 Å². The highest BCUT2D eigenvalue weighted by Gasteiger charge is 2.09. The molecule has 27 heavy (non-hydrogen) atoms. The standard InChI is InChI=1S/C24H35NO2/c1-3-4-5-6-10-13-22(25)18-21-14-15-23(26-2)24(19-21)27-17-16-20-11-8-7-9-12-20/h7-9,11-12,14-15,19,22H,3-6,10,13,16-18,25H2,1-2H3/t22-/m1/s1. The molecule has 0 aliphatic carbocycles. The summed E-state index contributed by atoms with van der Waals surface area (Å²) in [5.74, 6) is 1.58. The van der Waals surface area contributed by atoms with Crippen LogP contribution in [0.25, 0.3) is 0 Å². The molecule has 0 radical (unpaired) electrons. The lowest BCUT2D eigenvalue weighted by Crippen LogP contribution is -2.22. The number of benzene rings is 2. The highest BCUT2D eigenvalue weighted by atomic mass is 16.5. The fraction of sp³-hybridized carbons (Fsp3) is 0.500. The summed E-state index contributed by atoms with van der Waals surface area (Å²) < 4.78 is 11.5. The summed E-state index contributed by atoms with van der Waals surface area (Å²) in [6.45, 7) is 2.88. The van der Waals surface area contributed by atoms with Gasteiger partial charge in [0.2, 0.25) is 0 Å². The highest BCUT2D eigenvalue weighted by Crippen LogP contribution is 2.29. The SMILES string of the molecule is CCCCCCC[C@@H](N)Cc1ccc(OC)c(OCCc2ccccc2)c1. The molecule has 0 fully saturated rings. The van der Waals surface area contributed by atoms with Gasteiger partial charge in [-0.3, -0.25) is 0 Å². The molecule has 2 rings (SSSR count). The van der Waals surface area contributed by atoms with Gasteiger partial charge in [-0.15, -0.1) is 0 Å². The number of hydrogen-bond donors (Lipinski definition) is 1. The van der Waals surface area contributed by atoms with Crippen LogP contribution in [0.5, 0.6) is 11.5 Å². The van der Waals surface area contributed by atoms with Crippen LogP contribution in [0.1, 0.15) is 56.6 Å². The van der Waals surface area contributed by atoms with Crippen LogP contribution in [0.2, 0.25) is 0 Å². The molecule has 0 bridgehead atoms. The van der Waals surface area contributed by atoms with Crippen LogP contribution in [0, 0.1) is 0 Å². The van der Waals surface area contributed by atoms with Crippen molar-refractivity contribution in [1.82, 2.24) is 0 Å². The number of methoxy groups -OCH3 is 1. The lowest BCUT2D eigenvalue weighted by molar-refractivity contribution is 0.297. The van der Waals surface area contributed by atoms with E-state index in [4.69, 9.17) is 15.2 Å². The average Bonchev–Trinajstić information content (AvgIpc) is 2.69. The number of rotatable bonds is 13. The van der Waals surface area contributed by atoms with E-state index in [2.05, 4.69) is 43.3 Å². The van der Waals surface area contributed by atoms with Crippen LogP contribution in [-0.2, 0) is 12.8 Å². The van der Waals surface area contributed by atoms with Gasteiger partial charge in [-0.05, 0) is 36.1 Å². The van der Waals surface area contributed by atoms with Crippen LogP contribution in [0.15, 0.2) is 48.5 Å². The quantitative estimate of drug-likeness (QED) is 0.471. The van der Waals surface area contributed by atoms with Gasteiger partial charge in [0.15, 0.2) is 11.5 Å². The van der Waals surface area contributed by atoms with Crippen LogP contribution in [0.3, 0.4) is 0 Å². The molecule has 0 saturated carbocycles. The Morgan fingerprint density at radius 3 is 2.41 bits per heavy atom. The van der Waals surface area contributed by atoms with Gasteiger partial charge in [0.05, 0.1) is 13.7 Å². The van der Waals surface area contributed by atoms with Crippen molar-refractivity contribution >= 4 is 0 Å². The largest absolute Gasteiger partial charge is 0.493 e. The van der Waals surface area contributed by atoms with Gasteiger partial charge in [-0.25, -0.2) is 0 Å². The maximum absolute atomic E-state index is 6.35. The van der Waals surface area contributed by atoms with Crippen molar-refractivity contribution in [1.29, 1.82) is 0 Å². The summed E-state index contributed by atoms with van der Waals surface area (Å²) >= 11 is 0. The molecule has 0 aliphatic heterocycles. The van der Waals surface area contributed by atoms with E-state index in [1.165, 1.54) is 43.2 Å². The third kappa shape index (κ3) is 8.04. The minimum atomic E-state index is 0.206. The second-order valence-corrected chi connectivity index (χ2v) is 7.24. The Bertz CT molecular complexity index is 642. The van der Waals surface area contributed by atoms with Gasteiger partial charge in [0.1, 0.15) is 0 Å². The summed E-state index contributed by atoms with van der Waals surface area (Å²) in [4.78, 5) is 0. The van der Waals surface area contributed by atoms with E-state index in [0.29, 0.717) is 6.61 Å². The van der Waals surface area contributed by atoms with Gasteiger partial charge < -0.3 is 15.2 Å². The molecule has 0 spiro atoms. The Hall–Kier alpha value is -2.00. The molecule has 0 unspecified atom stereocenters. The van der Waals surface area contributed by atoms with Gasteiger partial charge in [0.25, 0.3) is 0 Å². The van der Waals surface area contributed by atoms with Crippen molar-refractivity contribution in [3.8, 4) is 11.5 Å². The molecule has 0 aromatic heterocycles. The van der Waals surface area contributed by atoms with Crippen LogP contribution < -0.4 is 15.2 Å². The van der Waals surface area contributed by atoms with Crippen molar-refractivity contribution < 1.29 is 9.47 Å². The summed E-state index contributed by atoms with van der Waals surface area (Å²) in [6, 6.07) is 16.8. The molecule has 2 aromatic carbocycles. The predicted molar refractivity (Wildman–Crippen MR) is 114 cm³/mol. The van der Waals surface area contributed by atoms with Crippen molar-refractivity contribution in [2.45, 2.75) is 64.3 Å². The Balaban J connectivity index is 1.84.